The molecule has 4 nitrogen and oxygen atoms in total. The molecule has 1 amide bonds. The van der Waals surface area contributed by atoms with E-state index in [4.69, 9.17) is 0 Å². The molecule has 122 valence electrons. The minimum Gasteiger partial charge on any atom is -0.351 e. The number of halogens is 1. The Bertz CT molecular complexity index is 738. The number of nitrogens with one attached hydrogen (secondary N) is 2. The molecule has 1 aromatic carbocycles. The van der Waals surface area contributed by atoms with E-state index in [0.29, 0.717) is 12.1 Å². The van der Waals surface area contributed by atoms with E-state index in [-0.39, 0.29) is 11.3 Å². The number of aromatic nitrogens is 1. The summed E-state index contributed by atoms with van der Waals surface area (Å²) in [6, 6.07) is 7.72. The zero-order valence-corrected chi connectivity index (χ0v) is 15.2. The number of carbonyl (C=O) groups excluding carboxylic acids is 1. The number of pyridine rings is 1. The quantitative estimate of drug-likeness (QED) is 0.863. The van der Waals surface area contributed by atoms with Crippen molar-refractivity contribution in [3.05, 3.63) is 40.0 Å². The maximum absolute atomic E-state index is 12.7. The Balaban J connectivity index is 1.84. The Morgan fingerprint density at radius 1 is 1.35 bits per heavy atom. The monoisotopic (exact) mass is 375 g/mol. The largest absolute Gasteiger partial charge is 0.351 e. The lowest BCUT2D eigenvalue weighted by Crippen LogP contribution is -2.42. The van der Waals surface area contributed by atoms with Crippen LogP contribution in [-0.4, -0.2) is 30.5 Å². The van der Waals surface area contributed by atoms with Crippen molar-refractivity contribution in [1.29, 1.82) is 0 Å². The van der Waals surface area contributed by atoms with Gasteiger partial charge in [0.1, 0.15) is 0 Å². The molecule has 23 heavy (non-hydrogen) atoms. The summed E-state index contributed by atoms with van der Waals surface area (Å²) >= 11 is 3.48. The van der Waals surface area contributed by atoms with Crippen LogP contribution in [0.1, 0.15) is 35.8 Å². The molecule has 0 atom stereocenters. The molecule has 0 aliphatic carbocycles. The summed E-state index contributed by atoms with van der Waals surface area (Å²) in [6.07, 6.45) is 2.18. The molecule has 0 spiro atoms. The number of fused-ring (bicyclic) bond motifs is 1. The normalized spacial score (nSPS) is 17.2. The summed E-state index contributed by atoms with van der Waals surface area (Å²) in [4.78, 5) is 17.3. The SMILES string of the molecule is Cc1cc(C(=O)NCC2(C)CCNCC2)c2cc(Br)ccc2n1. The van der Waals surface area contributed by atoms with E-state index in [2.05, 4.69) is 38.5 Å². The molecule has 0 saturated carbocycles. The Morgan fingerprint density at radius 3 is 2.83 bits per heavy atom. The smallest absolute Gasteiger partial charge is 0.252 e. The fourth-order valence-corrected chi connectivity index (χ4v) is 3.48. The molecule has 1 aromatic heterocycles. The van der Waals surface area contributed by atoms with Crippen LogP contribution in [0.5, 0.6) is 0 Å². The molecular weight excluding hydrogens is 354 g/mol. The van der Waals surface area contributed by atoms with Crippen LogP contribution in [0.15, 0.2) is 28.7 Å². The van der Waals surface area contributed by atoms with Crippen LogP contribution >= 0.6 is 15.9 Å². The molecule has 3 rings (SSSR count). The topological polar surface area (TPSA) is 54.0 Å². The van der Waals surface area contributed by atoms with Crippen LogP contribution in [0.3, 0.4) is 0 Å². The maximum Gasteiger partial charge on any atom is 0.252 e. The first kappa shape index (κ1) is 16.4. The highest BCUT2D eigenvalue weighted by Gasteiger charge is 2.27. The van der Waals surface area contributed by atoms with Gasteiger partial charge in [-0.05, 0) is 62.5 Å². The van der Waals surface area contributed by atoms with Crippen LogP contribution in [0, 0.1) is 12.3 Å². The highest BCUT2D eigenvalue weighted by molar-refractivity contribution is 9.10. The number of benzene rings is 1. The van der Waals surface area contributed by atoms with Crippen LogP contribution in [0.2, 0.25) is 0 Å². The average molecular weight is 376 g/mol. The number of amides is 1. The van der Waals surface area contributed by atoms with Gasteiger partial charge in [0.25, 0.3) is 5.91 Å². The van der Waals surface area contributed by atoms with Crippen LogP contribution in [-0.2, 0) is 0 Å². The van der Waals surface area contributed by atoms with Gasteiger partial charge >= 0.3 is 0 Å². The highest BCUT2D eigenvalue weighted by atomic mass is 79.9. The first-order chi connectivity index (χ1) is 11.0. The van der Waals surface area contributed by atoms with E-state index in [0.717, 1.165) is 47.0 Å². The third kappa shape index (κ3) is 3.72. The van der Waals surface area contributed by atoms with Gasteiger partial charge in [0.05, 0.1) is 11.1 Å². The van der Waals surface area contributed by atoms with Gasteiger partial charge in [0.2, 0.25) is 0 Å². The number of rotatable bonds is 3. The lowest BCUT2D eigenvalue weighted by Gasteiger charge is -2.34. The molecule has 5 heteroatoms. The molecule has 0 bridgehead atoms. The molecule has 1 aliphatic rings. The van der Waals surface area contributed by atoms with E-state index < -0.39 is 0 Å². The Kier molecular flexibility index (Phi) is 4.69. The summed E-state index contributed by atoms with van der Waals surface area (Å²) in [5, 5.41) is 7.40. The fraction of sp³-hybridized carbons (Fsp3) is 0.444. The minimum atomic E-state index is -0.0154. The van der Waals surface area contributed by atoms with Gasteiger partial charge < -0.3 is 10.6 Å². The Hall–Kier alpha value is -1.46. The summed E-state index contributed by atoms with van der Waals surface area (Å²) in [5.74, 6) is -0.0154. The van der Waals surface area contributed by atoms with Crippen LogP contribution in [0.25, 0.3) is 10.9 Å². The predicted octanol–water partition coefficient (Wildman–Crippen LogP) is 3.43. The third-order valence-corrected chi connectivity index (χ3v) is 5.12. The van der Waals surface area contributed by atoms with E-state index in [1.807, 2.05) is 31.2 Å². The second-order valence-corrected chi connectivity index (χ2v) is 7.63. The molecule has 0 radical (unpaired) electrons. The van der Waals surface area contributed by atoms with Gasteiger partial charge in [-0.1, -0.05) is 22.9 Å². The maximum atomic E-state index is 12.7. The van der Waals surface area contributed by atoms with Crippen LogP contribution in [0.4, 0.5) is 0 Å². The Labute approximate surface area is 145 Å². The first-order valence-corrected chi connectivity index (χ1v) is 8.82. The van der Waals surface area contributed by atoms with Crippen molar-refractivity contribution in [3.8, 4) is 0 Å². The van der Waals surface area contributed by atoms with E-state index in [9.17, 15) is 4.79 Å². The van der Waals surface area contributed by atoms with Gasteiger partial charge in [0, 0.05) is 22.1 Å². The molecule has 1 saturated heterocycles. The molecule has 2 N–H and O–H groups in total. The lowest BCUT2D eigenvalue weighted by molar-refractivity contribution is 0.0924. The predicted molar refractivity (Wildman–Crippen MR) is 96.7 cm³/mol. The highest BCUT2D eigenvalue weighted by Crippen LogP contribution is 2.27. The number of carbonyl (C=O) groups is 1. The number of nitrogens with zero attached hydrogens (tertiary/aromatic N) is 1. The van der Waals surface area contributed by atoms with Crippen molar-refractivity contribution >= 4 is 32.7 Å². The average Bonchev–Trinajstić information content (AvgIpc) is 2.53. The molecule has 2 heterocycles. The van der Waals surface area contributed by atoms with Crippen molar-refractivity contribution in [2.75, 3.05) is 19.6 Å². The zero-order chi connectivity index (χ0) is 16.4. The second kappa shape index (κ2) is 6.57. The van der Waals surface area contributed by atoms with Crippen molar-refractivity contribution in [2.45, 2.75) is 26.7 Å². The lowest BCUT2D eigenvalue weighted by atomic mass is 9.81. The van der Waals surface area contributed by atoms with Crippen molar-refractivity contribution in [2.24, 2.45) is 5.41 Å². The number of aryl methyl sites for hydroxylation is 1. The first-order valence-electron chi connectivity index (χ1n) is 8.03. The Morgan fingerprint density at radius 2 is 2.09 bits per heavy atom. The zero-order valence-electron chi connectivity index (χ0n) is 13.6. The van der Waals surface area contributed by atoms with Crippen molar-refractivity contribution in [3.63, 3.8) is 0 Å². The number of piperidine rings is 1. The summed E-state index contributed by atoms with van der Waals surface area (Å²) in [5.41, 5.74) is 2.59. The third-order valence-electron chi connectivity index (χ3n) is 4.63. The van der Waals surface area contributed by atoms with Gasteiger partial charge in [-0.2, -0.15) is 0 Å². The molecule has 1 fully saturated rings. The molecule has 0 unspecified atom stereocenters. The van der Waals surface area contributed by atoms with Crippen molar-refractivity contribution in [1.82, 2.24) is 15.6 Å². The van der Waals surface area contributed by atoms with Crippen LogP contribution < -0.4 is 10.6 Å². The van der Waals surface area contributed by atoms with Gasteiger partial charge in [-0.3, -0.25) is 9.78 Å². The van der Waals surface area contributed by atoms with E-state index in [1.165, 1.54) is 0 Å². The number of hydrogen-bond donors (Lipinski definition) is 2. The van der Waals surface area contributed by atoms with Gasteiger partial charge in [-0.25, -0.2) is 0 Å². The van der Waals surface area contributed by atoms with E-state index >= 15 is 0 Å². The standard InChI is InChI=1S/C18H22BrN3O/c1-12-9-15(14-10-13(19)3-4-16(14)22-12)17(23)21-11-18(2)5-7-20-8-6-18/h3-4,9-10,20H,5-8,11H2,1-2H3,(H,21,23). The molecule has 2 aromatic rings. The fourth-order valence-electron chi connectivity index (χ4n) is 3.11. The summed E-state index contributed by atoms with van der Waals surface area (Å²) in [6.45, 7) is 6.94. The van der Waals surface area contributed by atoms with E-state index in [1.54, 1.807) is 0 Å². The van der Waals surface area contributed by atoms with Crippen molar-refractivity contribution < 1.29 is 4.79 Å². The van der Waals surface area contributed by atoms with Gasteiger partial charge in [-0.15, -0.1) is 0 Å². The summed E-state index contributed by atoms with van der Waals surface area (Å²) in [7, 11) is 0. The number of hydrogen-bond acceptors (Lipinski definition) is 3. The second-order valence-electron chi connectivity index (χ2n) is 6.72. The molecular formula is C18H22BrN3O. The van der Waals surface area contributed by atoms with Gasteiger partial charge in [0.15, 0.2) is 0 Å². The summed E-state index contributed by atoms with van der Waals surface area (Å²) < 4.78 is 0.954. The molecule has 1 aliphatic heterocycles. The minimum absolute atomic E-state index is 0.0154.